The molecule has 0 aliphatic carbocycles. The Morgan fingerprint density at radius 2 is 1.68 bits per heavy atom. The molecule has 2 aromatic rings. The Hall–Kier alpha value is -0.740. The Morgan fingerprint density at radius 1 is 1.05 bits per heavy atom. The molecule has 100 valence electrons. The molecule has 1 unspecified atom stereocenters. The van der Waals surface area contributed by atoms with Crippen LogP contribution in [0.25, 0.3) is 0 Å². The second-order valence-corrected chi connectivity index (χ2v) is 6.52. The predicted octanol–water partition coefficient (Wildman–Crippen LogP) is 4.54. The van der Waals surface area contributed by atoms with E-state index in [0.717, 1.165) is 0 Å². The van der Waals surface area contributed by atoms with Crippen molar-refractivity contribution in [1.82, 2.24) is 0 Å². The molecule has 0 amide bonds. The van der Waals surface area contributed by atoms with Crippen LogP contribution in [0.15, 0.2) is 41.3 Å². The van der Waals surface area contributed by atoms with E-state index in [4.69, 9.17) is 40.5 Å². The molecule has 0 aliphatic rings. The van der Waals surface area contributed by atoms with E-state index >= 15 is 0 Å². The van der Waals surface area contributed by atoms with Gasteiger partial charge in [-0.05, 0) is 35.9 Å². The molecule has 0 aliphatic heterocycles. The zero-order valence-electron chi connectivity index (χ0n) is 9.70. The number of nitrogen functional groups attached to an aromatic ring is 1. The minimum Gasteiger partial charge on any atom is -0.398 e. The van der Waals surface area contributed by atoms with Crippen LogP contribution in [0, 0.1) is 0 Å². The van der Waals surface area contributed by atoms with Gasteiger partial charge >= 0.3 is 0 Å². The molecule has 2 rings (SSSR count). The molecule has 0 saturated carbocycles. The molecule has 0 fully saturated rings. The summed E-state index contributed by atoms with van der Waals surface area (Å²) >= 11 is 18.0. The number of hydrogen-bond donors (Lipinski definition) is 1. The Balaban J connectivity index is 2.34. The standard InChI is InChI=1S/C13H10Cl3NOS/c14-9-4-5-12(17)8(6-9)7-19(18)13-10(15)2-1-3-11(13)16/h1-6H,7,17H2. The highest BCUT2D eigenvalue weighted by molar-refractivity contribution is 7.84. The van der Waals surface area contributed by atoms with Gasteiger partial charge in [0.25, 0.3) is 0 Å². The first-order chi connectivity index (χ1) is 8.99. The first-order valence-electron chi connectivity index (χ1n) is 5.35. The second-order valence-electron chi connectivity index (χ2n) is 3.88. The molecule has 0 radical (unpaired) electrons. The Bertz CT molecular complexity index is 626. The third-order valence-corrected chi connectivity index (χ3v) is 5.10. The summed E-state index contributed by atoms with van der Waals surface area (Å²) in [5.74, 6) is 0.218. The molecule has 1 atom stereocenters. The van der Waals surface area contributed by atoms with E-state index in [9.17, 15) is 4.21 Å². The summed E-state index contributed by atoms with van der Waals surface area (Å²) in [6.45, 7) is 0. The first-order valence-corrected chi connectivity index (χ1v) is 7.80. The first kappa shape index (κ1) is 14.7. The van der Waals surface area contributed by atoms with Crippen molar-refractivity contribution in [1.29, 1.82) is 0 Å². The number of anilines is 1. The van der Waals surface area contributed by atoms with E-state index in [-0.39, 0.29) is 5.75 Å². The maximum Gasteiger partial charge on any atom is 0.0763 e. The molecular formula is C13H10Cl3NOS. The Labute approximate surface area is 128 Å². The number of rotatable bonds is 3. The van der Waals surface area contributed by atoms with Crippen molar-refractivity contribution in [2.24, 2.45) is 0 Å². The summed E-state index contributed by atoms with van der Waals surface area (Å²) in [7, 11) is -1.38. The van der Waals surface area contributed by atoms with Crippen molar-refractivity contribution in [2.45, 2.75) is 10.6 Å². The smallest absolute Gasteiger partial charge is 0.0763 e. The molecule has 2 aromatic carbocycles. The van der Waals surface area contributed by atoms with Crippen LogP contribution in [0.2, 0.25) is 15.1 Å². The maximum atomic E-state index is 12.4. The van der Waals surface area contributed by atoms with Crippen molar-refractivity contribution in [3.05, 3.63) is 57.0 Å². The van der Waals surface area contributed by atoms with Gasteiger partial charge in [0.1, 0.15) is 0 Å². The third kappa shape index (κ3) is 3.42. The zero-order valence-corrected chi connectivity index (χ0v) is 12.8. The lowest BCUT2D eigenvalue weighted by atomic mass is 10.2. The van der Waals surface area contributed by atoms with Crippen LogP contribution in [0.3, 0.4) is 0 Å². The van der Waals surface area contributed by atoms with Crippen LogP contribution in [0.1, 0.15) is 5.56 Å². The molecule has 0 heterocycles. The minimum absolute atomic E-state index is 0.218. The number of nitrogens with two attached hydrogens (primary N) is 1. The van der Waals surface area contributed by atoms with Crippen molar-refractivity contribution in [3.63, 3.8) is 0 Å². The Kier molecular flexibility index (Phi) is 4.74. The van der Waals surface area contributed by atoms with Gasteiger partial charge in [0.2, 0.25) is 0 Å². The topological polar surface area (TPSA) is 43.1 Å². The van der Waals surface area contributed by atoms with Gasteiger partial charge in [-0.15, -0.1) is 0 Å². The van der Waals surface area contributed by atoms with Gasteiger partial charge in [0, 0.05) is 10.7 Å². The quantitative estimate of drug-likeness (QED) is 0.838. The summed E-state index contributed by atoms with van der Waals surface area (Å²) in [6.07, 6.45) is 0. The maximum absolute atomic E-state index is 12.4. The average molecular weight is 335 g/mol. The van der Waals surface area contributed by atoms with Gasteiger partial charge in [0.05, 0.1) is 31.5 Å². The van der Waals surface area contributed by atoms with Crippen LogP contribution in [0.5, 0.6) is 0 Å². The molecule has 0 spiro atoms. The zero-order chi connectivity index (χ0) is 14.0. The summed E-state index contributed by atoms with van der Waals surface area (Å²) in [6, 6.07) is 10.1. The SMILES string of the molecule is Nc1ccc(Cl)cc1CS(=O)c1c(Cl)cccc1Cl. The van der Waals surface area contributed by atoms with E-state index in [0.29, 0.717) is 31.2 Å². The minimum atomic E-state index is -1.38. The van der Waals surface area contributed by atoms with Crippen molar-refractivity contribution < 1.29 is 4.21 Å². The van der Waals surface area contributed by atoms with Crippen molar-refractivity contribution >= 4 is 51.3 Å². The lowest BCUT2D eigenvalue weighted by molar-refractivity contribution is 0.683. The largest absolute Gasteiger partial charge is 0.398 e. The van der Waals surface area contributed by atoms with E-state index in [2.05, 4.69) is 0 Å². The molecule has 2 N–H and O–H groups in total. The van der Waals surface area contributed by atoms with Crippen LogP contribution in [0.4, 0.5) is 5.69 Å². The van der Waals surface area contributed by atoms with Gasteiger partial charge < -0.3 is 5.73 Å². The number of halogens is 3. The summed E-state index contributed by atoms with van der Waals surface area (Å²) in [5, 5.41) is 1.31. The third-order valence-electron chi connectivity index (χ3n) is 2.54. The van der Waals surface area contributed by atoms with Crippen LogP contribution in [-0.4, -0.2) is 4.21 Å². The van der Waals surface area contributed by atoms with Gasteiger partial charge in [-0.3, -0.25) is 4.21 Å². The molecule has 19 heavy (non-hydrogen) atoms. The Morgan fingerprint density at radius 3 is 2.32 bits per heavy atom. The molecular weight excluding hydrogens is 325 g/mol. The molecule has 0 saturated heterocycles. The monoisotopic (exact) mass is 333 g/mol. The van der Waals surface area contributed by atoms with Crippen LogP contribution >= 0.6 is 34.8 Å². The molecule has 0 bridgehead atoms. The summed E-state index contributed by atoms with van der Waals surface area (Å²) < 4.78 is 12.4. The second kappa shape index (κ2) is 6.14. The molecule has 0 aromatic heterocycles. The van der Waals surface area contributed by atoms with Gasteiger partial charge in [-0.2, -0.15) is 0 Å². The highest BCUT2D eigenvalue weighted by atomic mass is 35.5. The van der Waals surface area contributed by atoms with E-state index < -0.39 is 10.8 Å². The average Bonchev–Trinajstić information content (AvgIpc) is 2.33. The summed E-state index contributed by atoms with van der Waals surface area (Å²) in [5.41, 5.74) is 7.09. The fourth-order valence-corrected chi connectivity index (χ4v) is 3.97. The van der Waals surface area contributed by atoms with E-state index in [1.165, 1.54) is 0 Å². The van der Waals surface area contributed by atoms with Crippen LogP contribution < -0.4 is 5.73 Å². The highest BCUT2D eigenvalue weighted by Gasteiger charge is 2.15. The van der Waals surface area contributed by atoms with Gasteiger partial charge in [-0.25, -0.2) is 0 Å². The van der Waals surface area contributed by atoms with E-state index in [1.54, 1.807) is 36.4 Å². The molecule has 2 nitrogen and oxygen atoms in total. The van der Waals surface area contributed by atoms with Crippen molar-refractivity contribution in [3.8, 4) is 0 Å². The highest BCUT2D eigenvalue weighted by Crippen LogP contribution is 2.30. The fourth-order valence-electron chi connectivity index (χ4n) is 1.61. The molecule has 6 heteroatoms. The van der Waals surface area contributed by atoms with E-state index in [1.807, 2.05) is 0 Å². The van der Waals surface area contributed by atoms with Crippen molar-refractivity contribution in [2.75, 3.05) is 5.73 Å². The lowest BCUT2D eigenvalue weighted by Crippen LogP contribution is -2.01. The van der Waals surface area contributed by atoms with Gasteiger partial charge in [0.15, 0.2) is 0 Å². The van der Waals surface area contributed by atoms with Crippen LogP contribution in [-0.2, 0) is 16.6 Å². The summed E-state index contributed by atoms with van der Waals surface area (Å²) in [4.78, 5) is 0.421. The number of hydrogen-bond acceptors (Lipinski definition) is 2. The predicted molar refractivity (Wildman–Crippen MR) is 82.4 cm³/mol. The van der Waals surface area contributed by atoms with Gasteiger partial charge in [-0.1, -0.05) is 40.9 Å². The lowest BCUT2D eigenvalue weighted by Gasteiger charge is -2.09. The number of benzene rings is 2. The normalized spacial score (nSPS) is 12.4. The fraction of sp³-hybridized carbons (Fsp3) is 0.0769.